The van der Waals surface area contributed by atoms with E-state index in [0.717, 1.165) is 11.1 Å². The van der Waals surface area contributed by atoms with Crippen LogP contribution in [-0.2, 0) is 14.8 Å². The van der Waals surface area contributed by atoms with Gasteiger partial charge in [-0.05, 0) is 59.7 Å². The van der Waals surface area contributed by atoms with Crippen molar-refractivity contribution in [1.82, 2.24) is 9.21 Å². The largest absolute Gasteiger partial charge is 0.484 e. The third-order valence-corrected chi connectivity index (χ3v) is 7.77. The van der Waals surface area contributed by atoms with Crippen LogP contribution in [0.3, 0.4) is 0 Å². The summed E-state index contributed by atoms with van der Waals surface area (Å²) in [4.78, 5) is 14.4. The summed E-state index contributed by atoms with van der Waals surface area (Å²) < 4.78 is 32.6. The topological polar surface area (TPSA) is 90.7 Å². The van der Waals surface area contributed by atoms with Crippen LogP contribution in [0.1, 0.15) is 5.56 Å². The van der Waals surface area contributed by atoms with E-state index in [0.29, 0.717) is 29.4 Å². The Hall–Kier alpha value is -3.38. The van der Waals surface area contributed by atoms with E-state index in [-0.39, 0.29) is 30.5 Å². The van der Waals surface area contributed by atoms with E-state index < -0.39 is 10.0 Å². The Morgan fingerprint density at radius 3 is 2.00 bits per heavy atom. The van der Waals surface area contributed by atoms with Gasteiger partial charge in [0.2, 0.25) is 10.0 Å². The lowest BCUT2D eigenvalue weighted by Crippen LogP contribution is -2.51. The zero-order valence-corrected chi connectivity index (χ0v) is 19.8. The molecule has 1 aliphatic rings. The Kier molecular flexibility index (Phi) is 7.17. The van der Waals surface area contributed by atoms with E-state index in [1.165, 1.54) is 16.4 Å². The molecule has 0 N–H and O–H groups in total. The van der Waals surface area contributed by atoms with Gasteiger partial charge in [-0.2, -0.15) is 9.57 Å². The van der Waals surface area contributed by atoms with Gasteiger partial charge >= 0.3 is 0 Å². The molecule has 3 aromatic carbocycles. The standard InChI is InChI=1S/C25H22ClN3O4S/c26-22-7-11-24(12-8-22)34(31,32)29-15-13-28(14-16-29)25(30)18-33-23-9-5-21(6-10-23)20-3-1-19(17-27)2-4-20/h1-12H,13-16,18H2. The number of amides is 1. The van der Waals surface area contributed by atoms with Crippen molar-refractivity contribution in [2.24, 2.45) is 0 Å². The zero-order chi connectivity index (χ0) is 24.1. The number of carbonyl (C=O) groups is 1. The van der Waals surface area contributed by atoms with Crippen LogP contribution < -0.4 is 4.74 Å². The lowest BCUT2D eigenvalue weighted by molar-refractivity contribution is -0.134. The summed E-state index contributed by atoms with van der Waals surface area (Å²) in [5.41, 5.74) is 2.56. The van der Waals surface area contributed by atoms with E-state index >= 15 is 0 Å². The molecular weight excluding hydrogens is 474 g/mol. The molecule has 0 bridgehead atoms. The Bertz CT molecular complexity index is 1290. The monoisotopic (exact) mass is 495 g/mol. The Morgan fingerprint density at radius 2 is 1.44 bits per heavy atom. The van der Waals surface area contributed by atoms with Crippen molar-refractivity contribution < 1.29 is 17.9 Å². The van der Waals surface area contributed by atoms with Gasteiger partial charge < -0.3 is 9.64 Å². The molecule has 1 fully saturated rings. The Morgan fingerprint density at radius 1 is 0.882 bits per heavy atom. The Labute approximate surface area is 203 Å². The van der Waals surface area contributed by atoms with Crippen LogP contribution in [0.2, 0.25) is 5.02 Å². The van der Waals surface area contributed by atoms with Crippen LogP contribution in [-0.4, -0.2) is 56.3 Å². The van der Waals surface area contributed by atoms with Crippen molar-refractivity contribution in [3.8, 4) is 22.9 Å². The molecule has 1 amide bonds. The molecular formula is C25H22ClN3O4S. The molecule has 0 atom stereocenters. The van der Waals surface area contributed by atoms with Gasteiger partial charge in [0.1, 0.15) is 5.75 Å². The quantitative estimate of drug-likeness (QED) is 0.519. The van der Waals surface area contributed by atoms with E-state index in [9.17, 15) is 13.2 Å². The normalized spacial score (nSPS) is 14.4. The molecule has 1 saturated heterocycles. The van der Waals surface area contributed by atoms with Crippen LogP contribution in [0.4, 0.5) is 0 Å². The summed E-state index contributed by atoms with van der Waals surface area (Å²) in [6.45, 7) is 0.908. The van der Waals surface area contributed by atoms with Gasteiger partial charge in [-0.1, -0.05) is 35.9 Å². The summed E-state index contributed by atoms with van der Waals surface area (Å²) in [6.07, 6.45) is 0. The number of carbonyl (C=O) groups excluding carboxylic acids is 1. The van der Waals surface area contributed by atoms with Gasteiger partial charge in [0.05, 0.1) is 16.5 Å². The third kappa shape index (κ3) is 5.39. The van der Waals surface area contributed by atoms with Gasteiger partial charge in [-0.3, -0.25) is 4.79 Å². The van der Waals surface area contributed by atoms with Gasteiger partial charge in [-0.25, -0.2) is 8.42 Å². The maximum absolute atomic E-state index is 12.8. The number of hydrogen-bond acceptors (Lipinski definition) is 5. The predicted octanol–water partition coefficient (Wildman–Crippen LogP) is 3.79. The van der Waals surface area contributed by atoms with Crippen molar-refractivity contribution in [3.05, 3.63) is 83.4 Å². The predicted molar refractivity (Wildman–Crippen MR) is 129 cm³/mol. The molecule has 3 aromatic rings. The van der Waals surface area contributed by atoms with Gasteiger partial charge in [0.25, 0.3) is 5.91 Å². The lowest BCUT2D eigenvalue weighted by Gasteiger charge is -2.34. The fourth-order valence-corrected chi connectivity index (χ4v) is 5.20. The number of halogens is 1. The molecule has 4 rings (SSSR count). The second-order valence-electron chi connectivity index (χ2n) is 7.74. The molecule has 174 valence electrons. The first-order valence-electron chi connectivity index (χ1n) is 10.6. The number of rotatable bonds is 6. The van der Waals surface area contributed by atoms with Crippen LogP contribution >= 0.6 is 11.6 Å². The van der Waals surface area contributed by atoms with E-state index in [2.05, 4.69) is 6.07 Å². The smallest absolute Gasteiger partial charge is 0.260 e. The highest BCUT2D eigenvalue weighted by molar-refractivity contribution is 7.89. The molecule has 7 nitrogen and oxygen atoms in total. The van der Waals surface area contributed by atoms with E-state index in [1.54, 1.807) is 41.3 Å². The van der Waals surface area contributed by atoms with E-state index in [1.807, 2.05) is 24.3 Å². The number of hydrogen-bond donors (Lipinski definition) is 0. The first kappa shape index (κ1) is 23.8. The van der Waals surface area contributed by atoms with Crippen LogP contribution in [0.15, 0.2) is 77.7 Å². The van der Waals surface area contributed by atoms with Crippen molar-refractivity contribution in [1.29, 1.82) is 5.26 Å². The summed E-state index contributed by atoms with van der Waals surface area (Å²) in [7, 11) is -3.62. The SMILES string of the molecule is N#Cc1ccc(-c2ccc(OCC(=O)N3CCN(S(=O)(=O)c4ccc(Cl)cc4)CC3)cc2)cc1. The molecule has 0 aliphatic carbocycles. The minimum atomic E-state index is -3.62. The minimum Gasteiger partial charge on any atom is -0.484 e. The van der Waals surface area contributed by atoms with Crippen molar-refractivity contribution in [2.45, 2.75) is 4.90 Å². The highest BCUT2D eigenvalue weighted by Crippen LogP contribution is 2.23. The van der Waals surface area contributed by atoms with E-state index in [4.69, 9.17) is 21.6 Å². The Balaban J connectivity index is 1.28. The minimum absolute atomic E-state index is 0.125. The fourth-order valence-electron chi connectivity index (χ4n) is 3.65. The summed E-state index contributed by atoms with van der Waals surface area (Å²) in [5.74, 6) is 0.370. The highest BCUT2D eigenvalue weighted by atomic mass is 35.5. The summed E-state index contributed by atoms with van der Waals surface area (Å²) in [5, 5.41) is 9.38. The zero-order valence-electron chi connectivity index (χ0n) is 18.2. The molecule has 0 spiro atoms. The number of nitriles is 1. The second kappa shape index (κ2) is 10.3. The molecule has 0 saturated carbocycles. The van der Waals surface area contributed by atoms with Gasteiger partial charge in [0.15, 0.2) is 6.61 Å². The van der Waals surface area contributed by atoms with Crippen molar-refractivity contribution in [3.63, 3.8) is 0 Å². The third-order valence-electron chi connectivity index (χ3n) is 5.61. The molecule has 0 unspecified atom stereocenters. The molecule has 0 radical (unpaired) electrons. The number of nitrogens with zero attached hydrogens (tertiary/aromatic N) is 3. The average Bonchev–Trinajstić information content (AvgIpc) is 2.88. The second-order valence-corrected chi connectivity index (χ2v) is 10.1. The molecule has 1 aliphatic heterocycles. The summed E-state index contributed by atoms with van der Waals surface area (Å²) in [6, 6.07) is 22.8. The average molecular weight is 496 g/mol. The summed E-state index contributed by atoms with van der Waals surface area (Å²) >= 11 is 5.85. The van der Waals surface area contributed by atoms with Crippen molar-refractivity contribution in [2.75, 3.05) is 32.8 Å². The number of piperazine rings is 1. The number of ether oxygens (including phenoxy) is 1. The highest BCUT2D eigenvalue weighted by Gasteiger charge is 2.30. The molecule has 34 heavy (non-hydrogen) atoms. The van der Waals surface area contributed by atoms with Crippen molar-refractivity contribution >= 4 is 27.5 Å². The maximum Gasteiger partial charge on any atom is 0.260 e. The van der Waals surface area contributed by atoms with Gasteiger partial charge in [-0.15, -0.1) is 0 Å². The number of benzene rings is 3. The van der Waals surface area contributed by atoms with Crippen LogP contribution in [0, 0.1) is 11.3 Å². The number of sulfonamides is 1. The van der Waals surface area contributed by atoms with Gasteiger partial charge in [0, 0.05) is 31.2 Å². The van der Waals surface area contributed by atoms with Crippen LogP contribution in [0.25, 0.3) is 11.1 Å². The van der Waals surface area contributed by atoms with Crippen LogP contribution in [0.5, 0.6) is 5.75 Å². The maximum atomic E-state index is 12.8. The first-order chi connectivity index (χ1) is 16.4. The lowest BCUT2D eigenvalue weighted by atomic mass is 10.0. The molecule has 9 heteroatoms. The molecule has 1 heterocycles. The molecule has 0 aromatic heterocycles. The first-order valence-corrected chi connectivity index (χ1v) is 12.5. The fraction of sp³-hybridized carbons (Fsp3) is 0.200.